The molecule has 1 aromatic carbocycles. The van der Waals surface area contributed by atoms with Gasteiger partial charge >= 0.3 is 5.97 Å². The summed E-state index contributed by atoms with van der Waals surface area (Å²) in [4.78, 5) is 10.7. The fraction of sp³-hybridized carbons (Fsp3) is 0.417. The smallest absolute Gasteiger partial charge is 0.335 e. The van der Waals surface area contributed by atoms with E-state index < -0.39 is 16.0 Å². The highest BCUT2D eigenvalue weighted by atomic mass is 32.2. The average molecular weight is 286 g/mol. The third-order valence-corrected chi connectivity index (χ3v) is 5.17. The van der Waals surface area contributed by atoms with E-state index in [4.69, 9.17) is 10.8 Å². The SMILES string of the molecule is CCC(C)N(C)S(=O)(=O)c1ccc(C(=O)O)cc1N. The number of rotatable bonds is 5. The first kappa shape index (κ1) is 15.5. The first-order valence-corrected chi connectivity index (χ1v) is 7.26. The van der Waals surface area contributed by atoms with Gasteiger partial charge in [-0.3, -0.25) is 0 Å². The van der Waals surface area contributed by atoms with Gasteiger partial charge in [0, 0.05) is 13.1 Å². The maximum atomic E-state index is 12.3. The van der Waals surface area contributed by atoms with E-state index >= 15 is 0 Å². The van der Waals surface area contributed by atoms with Gasteiger partial charge in [0.25, 0.3) is 0 Å². The van der Waals surface area contributed by atoms with E-state index in [2.05, 4.69) is 0 Å². The summed E-state index contributed by atoms with van der Waals surface area (Å²) in [6, 6.07) is 3.45. The Morgan fingerprint density at radius 3 is 2.47 bits per heavy atom. The van der Waals surface area contributed by atoms with Crippen LogP contribution in [0.4, 0.5) is 5.69 Å². The topological polar surface area (TPSA) is 101 Å². The third-order valence-electron chi connectivity index (χ3n) is 3.13. The Kier molecular flexibility index (Phi) is 4.54. The third kappa shape index (κ3) is 3.05. The first-order chi connectivity index (χ1) is 8.71. The molecule has 7 heteroatoms. The molecule has 0 aliphatic carbocycles. The lowest BCUT2D eigenvalue weighted by atomic mass is 10.2. The number of hydrogen-bond acceptors (Lipinski definition) is 4. The van der Waals surface area contributed by atoms with Crippen LogP contribution in [0.2, 0.25) is 0 Å². The van der Waals surface area contributed by atoms with Crippen LogP contribution in [-0.2, 0) is 10.0 Å². The van der Waals surface area contributed by atoms with Crippen LogP contribution in [0.1, 0.15) is 30.6 Å². The lowest BCUT2D eigenvalue weighted by Gasteiger charge is -2.23. The van der Waals surface area contributed by atoms with Gasteiger partial charge in [0.15, 0.2) is 0 Å². The van der Waals surface area contributed by atoms with Crippen molar-refractivity contribution in [2.24, 2.45) is 0 Å². The van der Waals surface area contributed by atoms with Crippen molar-refractivity contribution in [1.29, 1.82) is 0 Å². The molecule has 106 valence electrons. The predicted molar refractivity (Wildman–Crippen MR) is 72.5 cm³/mol. The van der Waals surface area contributed by atoms with Crippen molar-refractivity contribution in [2.75, 3.05) is 12.8 Å². The highest BCUT2D eigenvalue weighted by Gasteiger charge is 2.26. The van der Waals surface area contributed by atoms with Crippen LogP contribution in [0.3, 0.4) is 0 Å². The molecule has 0 aliphatic heterocycles. The summed E-state index contributed by atoms with van der Waals surface area (Å²) in [6.45, 7) is 3.67. The van der Waals surface area contributed by atoms with Crippen LogP contribution >= 0.6 is 0 Å². The summed E-state index contributed by atoms with van der Waals surface area (Å²) in [5.41, 5.74) is 5.56. The van der Waals surface area contributed by atoms with E-state index in [-0.39, 0.29) is 22.2 Å². The van der Waals surface area contributed by atoms with E-state index in [0.29, 0.717) is 6.42 Å². The molecule has 1 unspecified atom stereocenters. The molecule has 6 nitrogen and oxygen atoms in total. The summed E-state index contributed by atoms with van der Waals surface area (Å²) >= 11 is 0. The Labute approximate surface area is 112 Å². The molecule has 0 radical (unpaired) electrons. The van der Waals surface area contributed by atoms with Crippen LogP contribution in [0.5, 0.6) is 0 Å². The van der Waals surface area contributed by atoms with E-state index in [1.165, 1.54) is 23.5 Å². The van der Waals surface area contributed by atoms with Crippen LogP contribution in [0.15, 0.2) is 23.1 Å². The zero-order valence-electron chi connectivity index (χ0n) is 11.1. The van der Waals surface area contributed by atoms with Gasteiger partial charge in [-0.25, -0.2) is 13.2 Å². The lowest BCUT2D eigenvalue weighted by molar-refractivity contribution is 0.0697. The van der Waals surface area contributed by atoms with Crippen molar-refractivity contribution in [2.45, 2.75) is 31.2 Å². The standard InChI is InChI=1S/C12H18N2O4S/c1-4-8(2)14(3)19(17,18)11-6-5-9(12(15)16)7-10(11)13/h5-8H,4,13H2,1-3H3,(H,15,16). The summed E-state index contributed by atoms with van der Waals surface area (Å²) in [5, 5.41) is 8.82. The van der Waals surface area contributed by atoms with Gasteiger partial charge in [-0.1, -0.05) is 6.92 Å². The number of carbonyl (C=O) groups is 1. The number of anilines is 1. The van der Waals surface area contributed by atoms with Crippen LogP contribution in [0.25, 0.3) is 0 Å². The molecule has 0 aromatic heterocycles. The van der Waals surface area contributed by atoms with Gasteiger partial charge in [0.2, 0.25) is 10.0 Å². The van der Waals surface area contributed by atoms with Crippen molar-refractivity contribution in [3.8, 4) is 0 Å². The summed E-state index contributed by atoms with van der Waals surface area (Å²) in [7, 11) is -2.23. The first-order valence-electron chi connectivity index (χ1n) is 5.82. The number of carboxylic acids is 1. The van der Waals surface area contributed by atoms with Crippen LogP contribution in [0, 0.1) is 0 Å². The molecule has 0 heterocycles. The summed E-state index contributed by atoms with van der Waals surface area (Å²) < 4.78 is 25.9. The zero-order valence-corrected chi connectivity index (χ0v) is 11.9. The second-order valence-electron chi connectivity index (χ2n) is 4.34. The quantitative estimate of drug-likeness (QED) is 0.796. The Bertz CT molecular complexity index is 583. The van der Waals surface area contributed by atoms with Crippen molar-refractivity contribution in [1.82, 2.24) is 4.31 Å². The molecule has 0 spiro atoms. The van der Waals surface area contributed by atoms with Crippen molar-refractivity contribution >= 4 is 21.7 Å². The molecule has 0 aliphatic rings. The molecule has 19 heavy (non-hydrogen) atoms. The molecule has 0 saturated heterocycles. The van der Waals surface area contributed by atoms with E-state index in [1.54, 1.807) is 6.92 Å². The Morgan fingerprint density at radius 2 is 2.05 bits per heavy atom. The van der Waals surface area contributed by atoms with Crippen molar-refractivity contribution in [3.63, 3.8) is 0 Å². The molecule has 1 atom stereocenters. The molecule has 0 amide bonds. The molecule has 3 N–H and O–H groups in total. The second-order valence-corrected chi connectivity index (χ2v) is 6.30. The Morgan fingerprint density at radius 1 is 1.47 bits per heavy atom. The number of hydrogen-bond donors (Lipinski definition) is 2. The Balaban J connectivity index is 3.27. The molecular formula is C12H18N2O4S. The maximum Gasteiger partial charge on any atom is 0.335 e. The number of carboxylic acid groups (broad SMARTS) is 1. The number of nitrogens with zero attached hydrogens (tertiary/aromatic N) is 1. The molecule has 0 saturated carbocycles. The number of aromatic carboxylic acids is 1. The molecule has 1 aromatic rings. The molecule has 1 rings (SSSR count). The fourth-order valence-electron chi connectivity index (χ4n) is 1.57. The minimum Gasteiger partial charge on any atom is -0.478 e. The molecule has 0 fully saturated rings. The van der Waals surface area contributed by atoms with Crippen molar-refractivity contribution < 1.29 is 18.3 Å². The highest BCUT2D eigenvalue weighted by molar-refractivity contribution is 7.89. The summed E-state index contributed by atoms with van der Waals surface area (Å²) in [6.07, 6.45) is 0.669. The summed E-state index contributed by atoms with van der Waals surface area (Å²) in [5.74, 6) is -1.15. The molecular weight excluding hydrogens is 268 g/mol. The van der Waals surface area contributed by atoms with E-state index in [1.807, 2.05) is 6.92 Å². The monoisotopic (exact) mass is 286 g/mol. The van der Waals surface area contributed by atoms with Gasteiger partial charge in [-0.15, -0.1) is 0 Å². The highest BCUT2D eigenvalue weighted by Crippen LogP contribution is 2.24. The van der Waals surface area contributed by atoms with Crippen LogP contribution in [-0.4, -0.2) is 36.9 Å². The minimum atomic E-state index is -3.71. The fourth-order valence-corrected chi connectivity index (χ4v) is 3.10. The largest absolute Gasteiger partial charge is 0.478 e. The van der Waals surface area contributed by atoms with Gasteiger partial charge in [-0.2, -0.15) is 4.31 Å². The van der Waals surface area contributed by atoms with Crippen LogP contribution < -0.4 is 5.73 Å². The van der Waals surface area contributed by atoms with Gasteiger partial charge in [0.05, 0.1) is 11.3 Å². The van der Waals surface area contributed by atoms with Gasteiger partial charge in [-0.05, 0) is 31.5 Å². The Hall–Kier alpha value is -1.60. The minimum absolute atomic E-state index is 0.0392. The number of nitrogen functional groups attached to an aromatic ring is 1. The number of sulfonamides is 1. The lowest BCUT2D eigenvalue weighted by Crippen LogP contribution is -2.35. The maximum absolute atomic E-state index is 12.3. The average Bonchev–Trinajstić information content (AvgIpc) is 2.36. The zero-order chi connectivity index (χ0) is 14.8. The normalized spacial score (nSPS) is 13.5. The number of benzene rings is 1. The molecule has 0 bridgehead atoms. The number of nitrogens with two attached hydrogens (primary N) is 1. The van der Waals surface area contributed by atoms with E-state index in [0.717, 1.165) is 6.07 Å². The van der Waals surface area contributed by atoms with Gasteiger partial charge < -0.3 is 10.8 Å². The van der Waals surface area contributed by atoms with E-state index in [9.17, 15) is 13.2 Å². The second kappa shape index (κ2) is 5.58. The predicted octanol–water partition coefficient (Wildman–Crippen LogP) is 1.39. The van der Waals surface area contributed by atoms with Gasteiger partial charge in [0.1, 0.15) is 4.90 Å². The van der Waals surface area contributed by atoms with Crippen molar-refractivity contribution in [3.05, 3.63) is 23.8 Å².